The molecule has 0 bridgehead atoms. The standard InChI is InChI=1S/C16H18BrClN2O/c1-2-7-19-9-12-3-6-16(15(18)8-12)21-11-14-5-4-13(17)10-20-14/h3-6,8,10,19H,2,7,9,11H2,1H3. The number of hydrogen-bond donors (Lipinski definition) is 1. The normalized spacial score (nSPS) is 10.6. The van der Waals surface area contributed by atoms with Gasteiger partial charge in [0, 0.05) is 17.2 Å². The van der Waals surface area contributed by atoms with Crippen molar-refractivity contribution in [1.29, 1.82) is 0 Å². The number of ether oxygens (including phenoxy) is 1. The predicted molar refractivity (Wildman–Crippen MR) is 89.7 cm³/mol. The van der Waals surface area contributed by atoms with Crippen LogP contribution in [0.3, 0.4) is 0 Å². The van der Waals surface area contributed by atoms with Crippen LogP contribution in [-0.2, 0) is 13.2 Å². The van der Waals surface area contributed by atoms with Crippen LogP contribution >= 0.6 is 27.5 Å². The molecule has 0 aliphatic rings. The molecule has 1 aromatic carbocycles. The van der Waals surface area contributed by atoms with Crippen molar-refractivity contribution in [3.63, 3.8) is 0 Å². The highest BCUT2D eigenvalue weighted by Gasteiger charge is 2.04. The summed E-state index contributed by atoms with van der Waals surface area (Å²) in [7, 11) is 0. The monoisotopic (exact) mass is 368 g/mol. The second-order valence-electron chi connectivity index (χ2n) is 4.70. The zero-order chi connectivity index (χ0) is 15.1. The number of rotatable bonds is 7. The van der Waals surface area contributed by atoms with E-state index in [-0.39, 0.29) is 0 Å². The molecule has 21 heavy (non-hydrogen) atoms. The van der Waals surface area contributed by atoms with Crippen LogP contribution in [0.1, 0.15) is 24.6 Å². The van der Waals surface area contributed by atoms with Crippen LogP contribution in [0.4, 0.5) is 0 Å². The minimum Gasteiger partial charge on any atom is -0.486 e. The first-order chi connectivity index (χ1) is 10.2. The van der Waals surface area contributed by atoms with Gasteiger partial charge in [-0.3, -0.25) is 4.98 Å². The third-order valence-corrected chi connectivity index (χ3v) is 3.68. The first kappa shape index (κ1) is 16.3. The Labute approximate surface area is 138 Å². The van der Waals surface area contributed by atoms with Crippen LogP contribution in [0.5, 0.6) is 5.75 Å². The van der Waals surface area contributed by atoms with Gasteiger partial charge in [-0.05, 0) is 58.7 Å². The maximum Gasteiger partial charge on any atom is 0.138 e. The van der Waals surface area contributed by atoms with Gasteiger partial charge in [0.05, 0.1) is 10.7 Å². The van der Waals surface area contributed by atoms with Gasteiger partial charge >= 0.3 is 0 Å². The molecule has 0 atom stereocenters. The molecule has 0 radical (unpaired) electrons. The molecule has 1 N–H and O–H groups in total. The summed E-state index contributed by atoms with van der Waals surface area (Å²) in [6.07, 6.45) is 2.87. The molecule has 0 fully saturated rings. The van der Waals surface area contributed by atoms with Crippen LogP contribution in [0.2, 0.25) is 5.02 Å². The average Bonchev–Trinajstić information content (AvgIpc) is 2.48. The van der Waals surface area contributed by atoms with Gasteiger partial charge in [-0.2, -0.15) is 0 Å². The molecular formula is C16H18BrClN2O. The van der Waals surface area contributed by atoms with E-state index in [9.17, 15) is 0 Å². The number of benzene rings is 1. The maximum absolute atomic E-state index is 6.25. The summed E-state index contributed by atoms with van der Waals surface area (Å²) in [5.41, 5.74) is 2.02. The van der Waals surface area contributed by atoms with Crippen molar-refractivity contribution in [3.05, 3.63) is 57.3 Å². The molecule has 3 nitrogen and oxygen atoms in total. The van der Waals surface area contributed by atoms with E-state index in [0.29, 0.717) is 17.4 Å². The van der Waals surface area contributed by atoms with E-state index in [1.54, 1.807) is 6.20 Å². The van der Waals surface area contributed by atoms with Crippen molar-refractivity contribution in [2.24, 2.45) is 0 Å². The molecular weight excluding hydrogens is 352 g/mol. The highest BCUT2D eigenvalue weighted by Crippen LogP contribution is 2.26. The lowest BCUT2D eigenvalue weighted by atomic mass is 10.2. The lowest BCUT2D eigenvalue weighted by molar-refractivity contribution is 0.301. The lowest BCUT2D eigenvalue weighted by Crippen LogP contribution is -2.13. The van der Waals surface area contributed by atoms with Crippen molar-refractivity contribution in [1.82, 2.24) is 10.3 Å². The smallest absolute Gasteiger partial charge is 0.138 e. The molecule has 112 valence electrons. The van der Waals surface area contributed by atoms with Crippen LogP contribution in [0.15, 0.2) is 41.0 Å². The molecule has 5 heteroatoms. The second kappa shape index (κ2) is 8.37. The minimum atomic E-state index is 0.403. The summed E-state index contributed by atoms with van der Waals surface area (Å²) in [5.74, 6) is 0.681. The van der Waals surface area contributed by atoms with Gasteiger partial charge < -0.3 is 10.1 Å². The van der Waals surface area contributed by atoms with E-state index in [2.05, 4.69) is 33.2 Å². The van der Waals surface area contributed by atoms with Gasteiger partial charge in [-0.25, -0.2) is 0 Å². The Morgan fingerprint density at radius 2 is 2.14 bits per heavy atom. The number of nitrogens with one attached hydrogen (secondary N) is 1. The summed E-state index contributed by atoms with van der Waals surface area (Å²) in [4.78, 5) is 4.27. The maximum atomic E-state index is 6.25. The quantitative estimate of drug-likeness (QED) is 0.726. The van der Waals surface area contributed by atoms with E-state index in [4.69, 9.17) is 16.3 Å². The summed E-state index contributed by atoms with van der Waals surface area (Å²) < 4.78 is 6.67. The summed E-state index contributed by atoms with van der Waals surface area (Å²) >= 11 is 9.61. The fourth-order valence-electron chi connectivity index (χ4n) is 1.82. The van der Waals surface area contributed by atoms with Crippen molar-refractivity contribution in [2.45, 2.75) is 26.5 Å². The van der Waals surface area contributed by atoms with Gasteiger partial charge in [0.25, 0.3) is 0 Å². The van der Waals surface area contributed by atoms with E-state index < -0.39 is 0 Å². The third kappa shape index (κ3) is 5.30. The topological polar surface area (TPSA) is 34.1 Å². The molecule has 2 aromatic rings. The summed E-state index contributed by atoms with van der Waals surface area (Å²) in [6, 6.07) is 9.73. The van der Waals surface area contributed by atoms with Crippen molar-refractivity contribution < 1.29 is 4.74 Å². The Morgan fingerprint density at radius 3 is 2.81 bits per heavy atom. The van der Waals surface area contributed by atoms with Crippen LogP contribution < -0.4 is 10.1 Å². The van der Waals surface area contributed by atoms with E-state index >= 15 is 0 Å². The fraction of sp³-hybridized carbons (Fsp3) is 0.312. The Hall–Kier alpha value is -1.10. The first-order valence-electron chi connectivity index (χ1n) is 6.91. The van der Waals surface area contributed by atoms with E-state index in [0.717, 1.165) is 35.2 Å². The summed E-state index contributed by atoms with van der Waals surface area (Å²) in [6.45, 7) is 4.38. The number of nitrogens with zero attached hydrogens (tertiary/aromatic N) is 1. The highest BCUT2D eigenvalue weighted by molar-refractivity contribution is 9.10. The Bertz CT molecular complexity index is 575. The number of halogens is 2. The fourth-order valence-corrected chi connectivity index (χ4v) is 2.32. The van der Waals surface area contributed by atoms with Gasteiger partial charge in [-0.15, -0.1) is 0 Å². The Balaban J connectivity index is 1.92. The molecule has 0 aliphatic heterocycles. The Kier molecular flexibility index (Phi) is 6.49. The third-order valence-electron chi connectivity index (χ3n) is 2.92. The zero-order valence-electron chi connectivity index (χ0n) is 11.9. The van der Waals surface area contributed by atoms with Gasteiger partial charge in [0.2, 0.25) is 0 Å². The van der Waals surface area contributed by atoms with Crippen LogP contribution in [-0.4, -0.2) is 11.5 Å². The Morgan fingerprint density at radius 1 is 1.29 bits per heavy atom. The zero-order valence-corrected chi connectivity index (χ0v) is 14.2. The molecule has 0 saturated carbocycles. The predicted octanol–water partition coefficient (Wildman–Crippen LogP) is 4.58. The van der Waals surface area contributed by atoms with Crippen molar-refractivity contribution >= 4 is 27.5 Å². The van der Waals surface area contributed by atoms with Gasteiger partial charge in [0.15, 0.2) is 0 Å². The van der Waals surface area contributed by atoms with Crippen molar-refractivity contribution in [3.8, 4) is 5.75 Å². The van der Waals surface area contributed by atoms with Gasteiger partial charge in [-0.1, -0.05) is 24.6 Å². The molecule has 1 aromatic heterocycles. The largest absolute Gasteiger partial charge is 0.486 e. The van der Waals surface area contributed by atoms with Gasteiger partial charge in [0.1, 0.15) is 12.4 Å². The molecule has 1 heterocycles. The molecule has 0 aliphatic carbocycles. The average molecular weight is 370 g/mol. The number of aromatic nitrogens is 1. The first-order valence-corrected chi connectivity index (χ1v) is 8.08. The highest BCUT2D eigenvalue weighted by atomic mass is 79.9. The van der Waals surface area contributed by atoms with E-state index in [1.807, 2.05) is 30.3 Å². The SMILES string of the molecule is CCCNCc1ccc(OCc2ccc(Br)cn2)c(Cl)c1. The minimum absolute atomic E-state index is 0.403. The van der Waals surface area contributed by atoms with Crippen LogP contribution in [0, 0.1) is 0 Å². The lowest BCUT2D eigenvalue weighted by Gasteiger charge is -2.10. The molecule has 0 amide bonds. The molecule has 0 spiro atoms. The van der Waals surface area contributed by atoms with E-state index in [1.165, 1.54) is 0 Å². The van der Waals surface area contributed by atoms with Crippen LogP contribution in [0.25, 0.3) is 0 Å². The number of hydrogen-bond acceptors (Lipinski definition) is 3. The molecule has 0 unspecified atom stereocenters. The number of pyridine rings is 1. The van der Waals surface area contributed by atoms with Crippen molar-refractivity contribution in [2.75, 3.05) is 6.54 Å². The molecule has 0 saturated heterocycles. The second-order valence-corrected chi connectivity index (χ2v) is 6.02. The molecule has 2 rings (SSSR count). The summed E-state index contributed by atoms with van der Waals surface area (Å²) in [5, 5.41) is 3.97.